The number of rotatable bonds is 3. The van der Waals surface area contributed by atoms with Crippen LogP contribution in [0.3, 0.4) is 0 Å². The maximum absolute atomic E-state index is 14.2. The van der Waals surface area contributed by atoms with Gasteiger partial charge in [0.2, 0.25) is 10.0 Å². The average molecular weight is 409 g/mol. The number of hydrogen-bond donors (Lipinski definition) is 1. The largest absolute Gasteiger partial charge is 0.488 e. The smallest absolute Gasteiger partial charge is 0.229 e. The molecule has 0 bridgehead atoms. The van der Waals surface area contributed by atoms with Gasteiger partial charge in [-0.25, -0.2) is 12.8 Å². The first kappa shape index (κ1) is 19.2. The van der Waals surface area contributed by atoms with Crippen LogP contribution in [-0.2, 0) is 16.6 Å². The van der Waals surface area contributed by atoms with E-state index in [1.807, 2.05) is 49.4 Å². The molecule has 0 saturated carbocycles. The predicted octanol–water partition coefficient (Wildman–Crippen LogP) is 4.99. The van der Waals surface area contributed by atoms with Crippen molar-refractivity contribution in [2.45, 2.75) is 13.5 Å². The van der Waals surface area contributed by atoms with Gasteiger partial charge in [0.05, 0.1) is 11.9 Å². The summed E-state index contributed by atoms with van der Waals surface area (Å²) in [5.41, 5.74) is 5.70. The highest BCUT2D eigenvalue weighted by molar-refractivity contribution is 7.92. The molecule has 1 aliphatic heterocycles. The second kappa shape index (κ2) is 7.37. The molecule has 0 amide bonds. The summed E-state index contributed by atoms with van der Waals surface area (Å²) in [6, 6.07) is 18.0. The molecule has 0 saturated heterocycles. The first-order valence-electron chi connectivity index (χ1n) is 9.11. The third kappa shape index (κ3) is 4.32. The molecule has 0 unspecified atom stereocenters. The summed E-state index contributed by atoms with van der Waals surface area (Å²) in [7, 11) is -3.51. The van der Waals surface area contributed by atoms with E-state index in [1.165, 1.54) is 6.07 Å². The molecule has 0 radical (unpaired) electrons. The summed E-state index contributed by atoms with van der Waals surface area (Å²) in [6.45, 7) is 2.47. The number of anilines is 1. The molecule has 0 fully saturated rings. The van der Waals surface area contributed by atoms with Crippen LogP contribution >= 0.6 is 0 Å². The minimum atomic E-state index is -3.51. The highest BCUT2D eigenvalue weighted by Crippen LogP contribution is 2.38. The van der Waals surface area contributed by atoms with E-state index in [-0.39, 0.29) is 5.69 Å². The van der Waals surface area contributed by atoms with Crippen molar-refractivity contribution >= 4 is 27.4 Å². The van der Waals surface area contributed by atoms with Crippen LogP contribution in [0, 0.1) is 12.7 Å². The number of ether oxygens (including phenoxy) is 1. The molecular weight excluding hydrogens is 389 g/mol. The maximum Gasteiger partial charge on any atom is 0.229 e. The molecule has 0 aromatic heterocycles. The van der Waals surface area contributed by atoms with Crippen molar-refractivity contribution in [1.29, 1.82) is 0 Å². The first-order chi connectivity index (χ1) is 13.8. The lowest BCUT2D eigenvalue weighted by atomic mass is 9.91. The molecule has 148 valence electrons. The van der Waals surface area contributed by atoms with E-state index < -0.39 is 15.8 Å². The lowest BCUT2D eigenvalue weighted by Gasteiger charge is -2.12. The lowest BCUT2D eigenvalue weighted by molar-refractivity contribution is 0.307. The highest BCUT2D eigenvalue weighted by atomic mass is 32.2. The van der Waals surface area contributed by atoms with Crippen molar-refractivity contribution < 1.29 is 17.5 Å². The van der Waals surface area contributed by atoms with Gasteiger partial charge in [-0.15, -0.1) is 0 Å². The Bertz CT molecular complexity index is 1230. The van der Waals surface area contributed by atoms with Crippen LogP contribution in [0.4, 0.5) is 10.1 Å². The molecule has 3 aromatic rings. The Labute approximate surface area is 169 Å². The van der Waals surface area contributed by atoms with Crippen LogP contribution in [0.15, 0.2) is 60.7 Å². The molecule has 1 aliphatic rings. The van der Waals surface area contributed by atoms with Crippen LogP contribution in [0.25, 0.3) is 11.6 Å². The van der Waals surface area contributed by atoms with E-state index in [0.29, 0.717) is 12.2 Å². The van der Waals surface area contributed by atoms with Gasteiger partial charge in [-0.1, -0.05) is 42.0 Å². The van der Waals surface area contributed by atoms with E-state index in [2.05, 4.69) is 10.8 Å². The summed E-state index contributed by atoms with van der Waals surface area (Å²) < 4.78 is 45.6. The number of sulfonamides is 1. The Balaban J connectivity index is 1.91. The molecule has 4 rings (SSSR count). The Morgan fingerprint density at radius 3 is 2.62 bits per heavy atom. The van der Waals surface area contributed by atoms with Crippen LogP contribution < -0.4 is 9.46 Å². The number of fused-ring (bicyclic) bond motifs is 2. The third-order valence-electron chi connectivity index (χ3n) is 4.65. The molecule has 3 aromatic carbocycles. The molecule has 1 heterocycles. The second-order valence-electron chi connectivity index (χ2n) is 7.15. The van der Waals surface area contributed by atoms with E-state index in [4.69, 9.17) is 4.74 Å². The Hall–Kier alpha value is -3.12. The van der Waals surface area contributed by atoms with Gasteiger partial charge in [-0.3, -0.25) is 4.72 Å². The quantitative estimate of drug-likeness (QED) is 0.663. The highest BCUT2D eigenvalue weighted by Gasteiger charge is 2.19. The van der Waals surface area contributed by atoms with Crippen LogP contribution in [-0.4, -0.2) is 14.7 Å². The molecule has 0 aliphatic carbocycles. The van der Waals surface area contributed by atoms with Crippen LogP contribution in [0.1, 0.15) is 27.8 Å². The van der Waals surface area contributed by atoms with Gasteiger partial charge in [0.15, 0.2) is 0 Å². The summed E-state index contributed by atoms with van der Waals surface area (Å²) in [5.74, 6) is 0.228. The van der Waals surface area contributed by atoms with E-state index in [1.54, 1.807) is 6.07 Å². The zero-order valence-electron chi connectivity index (χ0n) is 16.1. The summed E-state index contributed by atoms with van der Waals surface area (Å²) >= 11 is 0. The number of para-hydroxylation sites is 1. The summed E-state index contributed by atoms with van der Waals surface area (Å²) in [6.07, 6.45) is 2.89. The van der Waals surface area contributed by atoms with Crippen molar-refractivity contribution in [2.24, 2.45) is 0 Å². The van der Waals surface area contributed by atoms with E-state index >= 15 is 0 Å². The topological polar surface area (TPSA) is 55.4 Å². The van der Waals surface area contributed by atoms with Gasteiger partial charge in [0.1, 0.15) is 18.2 Å². The molecule has 0 atom stereocenters. The van der Waals surface area contributed by atoms with Crippen molar-refractivity contribution in [3.63, 3.8) is 0 Å². The Morgan fingerprint density at radius 2 is 1.83 bits per heavy atom. The minimum Gasteiger partial charge on any atom is -0.488 e. The third-order valence-corrected chi connectivity index (χ3v) is 5.25. The van der Waals surface area contributed by atoms with Crippen LogP contribution in [0.2, 0.25) is 0 Å². The summed E-state index contributed by atoms with van der Waals surface area (Å²) in [5, 5.41) is 0. The average Bonchev–Trinajstić information content (AvgIpc) is 2.77. The Morgan fingerprint density at radius 1 is 1.03 bits per heavy atom. The fourth-order valence-electron chi connectivity index (χ4n) is 3.51. The van der Waals surface area contributed by atoms with Crippen molar-refractivity contribution in [1.82, 2.24) is 0 Å². The van der Waals surface area contributed by atoms with Crippen molar-refractivity contribution in [3.8, 4) is 5.75 Å². The van der Waals surface area contributed by atoms with Gasteiger partial charge in [0.25, 0.3) is 0 Å². The van der Waals surface area contributed by atoms with Crippen molar-refractivity contribution in [2.75, 3.05) is 11.0 Å². The fraction of sp³-hybridized carbons (Fsp3) is 0.130. The first-order valence-corrected chi connectivity index (χ1v) is 11.0. The second-order valence-corrected chi connectivity index (χ2v) is 8.90. The number of hydrogen-bond acceptors (Lipinski definition) is 3. The molecule has 29 heavy (non-hydrogen) atoms. The SMILES string of the molecule is Cc1ccc2c(c1)COc1ccccc1/C2=C\c1cc(F)cc(NS(C)(=O)=O)c1. The number of nitrogens with one attached hydrogen (secondary N) is 1. The fourth-order valence-corrected chi connectivity index (χ4v) is 4.06. The molecule has 0 spiro atoms. The number of halogens is 1. The zero-order valence-corrected chi connectivity index (χ0v) is 16.9. The normalized spacial score (nSPS) is 14.5. The number of aryl methyl sites for hydroxylation is 1. The zero-order chi connectivity index (χ0) is 20.6. The predicted molar refractivity (Wildman–Crippen MR) is 114 cm³/mol. The Kier molecular flexibility index (Phi) is 4.88. The molecule has 6 heteroatoms. The van der Waals surface area contributed by atoms with Gasteiger partial charge < -0.3 is 4.74 Å². The minimum absolute atomic E-state index is 0.182. The van der Waals surface area contributed by atoms with E-state index in [9.17, 15) is 12.8 Å². The van der Waals surface area contributed by atoms with Gasteiger partial charge >= 0.3 is 0 Å². The summed E-state index contributed by atoms with van der Waals surface area (Å²) in [4.78, 5) is 0. The van der Waals surface area contributed by atoms with Gasteiger partial charge in [-0.2, -0.15) is 0 Å². The van der Waals surface area contributed by atoms with Crippen molar-refractivity contribution in [3.05, 3.63) is 94.3 Å². The standard InChI is InChI=1S/C23H20FNO3S/c1-15-7-8-20-17(9-15)14-28-23-6-4-3-5-21(23)22(20)12-16-10-18(24)13-19(11-16)25-29(2,26)27/h3-13,25H,14H2,1-2H3/b22-12-. The maximum atomic E-state index is 14.2. The monoisotopic (exact) mass is 409 g/mol. The van der Waals surface area contributed by atoms with Gasteiger partial charge in [-0.05, 0) is 59.5 Å². The lowest BCUT2D eigenvalue weighted by Crippen LogP contribution is -2.09. The van der Waals surface area contributed by atoms with Crippen LogP contribution in [0.5, 0.6) is 5.75 Å². The van der Waals surface area contributed by atoms with Gasteiger partial charge in [0, 0.05) is 5.56 Å². The molecule has 1 N–H and O–H groups in total. The van der Waals surface area contributed by atoms with E-state index in [0.717, 1.165) is 45.9 Å². The number of benzene rings is 3. The molecule has 4 nitrogen and oxygen atoms in total. The molecular formula is C23H20FNO3S.